The molecule has 1 aromatic heterocycles. The average molecular weight is 165 g/mol. The number of hydrogen-bond donors (Lipinski definition) is 1. The summed E-state index contributed by atoms with van der Waals surface area (Å²) >= 11 is 0. The lowest BCUT2D eigenvalue weighted by molar-refractivity contribution is 0.528. The minimum absolute atomic E-state index is 0.760. The molecule has 2 unspecified atom stereocenters. The van der Waals surface area contributed by atoms with Crippen molar-refractivity contribution in [2.24, 2.45) is 5.92 Å². The van der Waals surface area contributed by atoms with Gasteiger partial charge in [0.15, 0.2) is 0 Å². The van der Waals surface area contributed by atoms with Gasteiger partial charge in [-0.2, -0.15) is 0 Å². The molecule has 1 aliphatic rings. The van der Waals surface area contributed by atoms with Crippen LogP contribution >= 0.6 is 0 Å². The molecule has 0 amide bonds. The third kappa shape index (κ3) is 1.27. The Hall–Kier alpha value is -0.760. The zero-order valence-corrected chi connectivity index (χ0v) is 7.63. The van der Waals surface area contributed by atoms with Crippen molar-refractivity contribution in [3.05, 3.63) is 23.7 Å². The van der Waals surface area contributed by atoms with Gasteiger partial charge < -0.3 is 9.73 Å². The lowest BCUT2D eigenvalue weighted by atomic mass is 10.1. The zero-order valence-electron chi connectivity index (χ0n) is 7.63. The van der Waals surface area contributed by atoms with E-state index in [2.05, 4.69) is 11.4 Å². The Labute approximate surface area is 73.0 Å². The molecule has 0 aliphatic heterocycles. The zero-order chi connectivity index (χ0) is 8.55. The Morgan fingerprint density at radius 2 is 2.50 bits per heavy atom. The summed E-state index contributed by atoms with van der Waals surface area (Å²) in [6.45, 7) is 3.18. The van der Waals surface area contributed by atoms with Crippen LogP contribution in [0, 0.1) is 12.8 Å². The average Bonchev–Trinajstić information content (AvgIpc) is 2.67. The Balaban J connectivity index is 2.01. The van der Waals surface area contributed by atoms with Crippen molar-refractivity contribution in [1.29, 1.82) is 0 Å². The molecule has 1 fully saturated rings. The van der Waals surface area contributed by atoms with E-state index < -0.39 is 0 Å². The van der Waals surface area contributed by atoms with E-state index in [1.54, 1.807) is 6.26 Å². The van der Waals surface area contributed by atoms with Crippen LogP contribution in [0.15, 0.2) is 16.7 Å². The fourth-order valence-corrected chi connectivity index (χ4v) is 1.90. The number of rotatable bonds is 3. The fraction of sp³-hybridized carbons (Fsp3) is 0.600. The quantitative estimate of drug-likeness (QED) is 0.740. The van der Waals surface area contributed by atoms with Crippen LogP contribution in [0.25, 0.3) is 0 Å². The lowest BCUT2D eigenvalue weighted by Gasteiger charge is -1.97. The number of hydrogen-bond acceptors (Lipinski definition) is 2. The van der Waals surface area contributed by atoms with Gasteiger partial charge in [0.25, 0.3) is 0 Å². The molecule has 1 N–H and O–H groups in total. The molecule has 2 heteroatoms. The SMILES string of the molecule is CNCC1CC1c1ccoc1C. The van der Waals surface area contributed by atoms with Crippen molar-refractivity contribution in [3.8, 4) is 0 Å². The Kier molecular flexibility index (Phi) is 1.93. The standard InChI is InChI=1S/C10H15NO/c1-7-9(3-4-12-7)10-5-8(10)6-11-2/h3-4,8,10-11H,5-6H2,1-2H3. The molecule has 0 aromatic carbocycles. The molecule has 0 spiro atoms. The maximum absolute atomic E-state index is 5.27. The first-order valence-electron chi connectivity index (χ1n) is 4.51. The second-order valence-electron chi connectivity index (χ2n) is 3.59. The van der Waals surface area contributed by atoms with Gasteiger partial charge in [0.05, 0.1) is 6.26 Å². The predicted molar refractivity (Wildman–Crippen MR) is 48.2 cm³/mol. The first kappa shape index (κ1) is 7.87. The number of nitrogens with one attached hydrogen (secondary N) is 1. The van der Waals surface area contributed by atoms with Gasteiger partial charge in [-0.25, -0.2) is 0 Å². The molecule has 1 saturated carbocycles. The van der Waals surface area contributed by atoms with E-state index in [-0.39, 0.29) is 0 Å². The second-order valence-corrected chi connectivity index (χ2v) is 3.59. The van der Waals surface area contributed by atoms with Gasteiger partial charge in [-0.3, -0.25) is 0 Å². The highest BCUT2D eigenvalue weighted by atomic mass is 16.3. The maximum Gasteiger partial charge on any atom is 0.104 e. The molecule has 0 saturated heterocycles. The number of aryl methyl sites for hydroxylation is 1. The highest BCUT2D eigenvalue weighted by molar-refractivity contribution is 5.27. The molecule has 1 aliphatic carbocycles. The third-order valence-corrected chi connectivity index (χ3v) is 2.69. The van der Waals surface area contributed by atoms with E-state index in [1.165, 1.54) is 12.0 Å². The van der Waals surface area contributed by atoms with E-state index >= 15 is 0 Å². The molecule has 0 bridgehead atoms. The van der Waals surface area contributed by atoms with Crippen molar-refractivity contribution in [2.75, 3.05) is 13.6 Å². The molecule has 66 valence electrons. The monoisotopic (exact) mass is 165 g/mol. The van der Waals surface area contributed by atoms with E-state index in [0.717, 1.165) is 24.1 Å². The molecular formula is C10H15NO. The molecule has 2 nitrogen and oxygen atoms in total. The Morgan fingerprint density at radius 1 is 1.67 bits per heavy atom. The summed E-state index contributed by atoms with van der Waals surface area (Å²) in [5.74, 6) is 2.70. The van der Waals surface area contributed by atoms with Crippen molar-refractivity contribution in [3.63, 3.8) is 0 Å². The summed E-state index contributed by atoms with van der Waals surface area (Å²) in [5.41, 5.74) is 1.41. The van der Waals surface area contributed by atoms with Crippen LogP contribution in [0.5, 0.6) is 0 Å². The maximum atomic E-state index is 5.27. The van der Waals surface area contributed by atoms with Crippen molar-refractivity contribution >= 4 is 0 Å². The minimum Gasteiger partial charge on any atom is -0.469 e. The summed E-state index contributed by atoms with van der Waals surface area (Å²) in [6.07, 6.45) is 3.11. The van der Waals surface area contributed by atoms with Crippen molar-refractivity contribution in [1.82, 2.24) is 5.32 Å². The van der Waals surface area contributed by atoms with Crippen LogP contribution in [-0.2, 0) is 0 Å². The van der Waals surface area contributed by atoms with Gasteiger partial charge in [0.1, 0.15) is 5.76 Å². The van der Waals surface area contributed by atoms with Crippen molar-refractivity contribution in [2.45, 2.75) is 19.3 Å². The molecule has 2 rings (SSSR count). The Bertz CT molecular complexity index is 267. The summed E-state index contributed by atoms with van der Waals surface area (Å²) in [4.78, 5) is 0. The summed E-state index contributed by atoms with van der Waals surface area (Å²) < 4.78 is 5.27. The highest BCUT2D eigenvalue weighted by Crippen LogP contribution is 2.48. The lowest BCUT2D eigenvalue weighted by Crippen LogP contribution is -2.10. The molecule has 1 heterocycles. The first-order valence-corrected chi connectivity index (χ1v) is 4.51. The molecular weight excluding hydrogens is 150 g/mol. The van der Waals surface area contributed by atoms with Gasteiger partial charge >= 0.3 is 0 Å². The van der Waals surface area contributed by atoms with Crippen LogP contribution in [0.2, 0.25) is 0 Å². The minimum atomic E-state index is 0.760. The van der Waals surface area contributed by atoms with Gasteiger partial charge in [-0.05, 0) is 50.4 Å². The predicted octanol–water partition coefficient (Wildman–Crippen LogP) is 1.91. The number of furan rings is 1. The first-order chi connectivity index (χ1) is 5.83. The second kappa shape index (κ2) is 2.94. The normalized spacial score (nSPS) is 27.5. The summed E-state index contributed by atoms with van der Waals surface area (Å²) in [7, 11) is 2.01. The summed E-state index contributed by atoms with van der Waals surface area (Å²) in [6, 6.07) is 2.11. The largest absolute Gasteiger partial charge is 0.469 e. The van der Waals surface area contributed by atoms with Gasteiger partial charge in [-0.15, -0.1) is 0 Å². The summed E-state index contributed by atoms with van der Waals surface area (Å²) in [5, 5.41) is 3.21. The van der Waals surface area contributed by atoms with Crippen LogP contribution in [0.4, 0.5) is 0 Å². The van der Waals surface area contributed by atoms with E-state index in [9.17, 15) is 0 Å². The molecule has 12 heavy (non-hydrogen) atoms. The smallest absolute Gasteiger partial charge is 0.104 e. The van der Waals surface area contributed by atoms with E-state index in [1.807, 2.05) is 14.0 Å². The van der Waals surface area contributed by atoms with Gasteiger partial charge in [0, 0.05) is 0 Å². The van der Waals surface area contributed by atoms with Crippen LogP contribution < -0.4 is 5.32 Å². The highest BCUT2D eigenvalue weighted by Gasteiger charge is 2.39. The molecule has 2 atom stereocenters. The molecule has 0 radical (unpaired) electrons. The Morgan fingerprint density at radius 3 is 3.08 bits per heavy atom. The van der Waals surface area contributed by atoms with Gasteiger partial charge in [-0.1, -0.05) is 0 Å². The molecule has 1 aromatic rings. The topological polar surface area (TPSA) is 25.2 Å². The van der Waals surface area contributed by atoms with Gasteiger partial charge in [0.2, 0.25) is 0 Å². The van der Waals surface area contributed by atoms with Crippen molar-refractivity contribution < 1.29 is 4.42 Å². The van der Waals surface area contributed by atoms with E-state index in [0.29, 0.717) is 0 Å². The van der Waals surface area contributed by atoms with E-state index in [4.69, 9.17) is 4.42 Å². The van der Waals surface area contributed by atoms with Crippen LogP contribution in [0.1, 0.15) is 23.7 Å². The third-order valence-electron chi connectivity index (χ3n) is 2.69. The fourth-order valence-electron chi connectivity index (χ4n) is 1.90. The van der Waals surface area contributed by atoms with Crippen LogP contribution in [0.3, 0.4) is 0 Å². The van der Waals surface area contributed by atoms with Crippen LogP contribution in [-0.4, -0.2) is 13.6 Å².